The van der Waals surface area contributed by atoms with Crippen molar-refractivity contribution in [3.63, 3.8) is 0 Å². The number of thioether (sulfide) groups is 1. The number of para-hydroxylation sites is 2. The first-order valence-corrected chi connectivity index (χ1v) is 9.87. The Hall–Kier alpha value is -2.91. The second-order valence-electron chi connectivity index (χ2n) is 5.54. The number of H-pyrrole nitrogens is 1. The molecule has 0 saturated carbocycles. The number of carbonyl (C=O) groups is 1. The van der Waals surface area contributed by atoms with Gasteiger partial charge in [-0.3, -0.25) is 10.1 Å². The Labute approximate surface area is 163 Å². The molecule has 4 aromatic rings. The lowest BCUT2D eigenvalue weighted by Crippen LogP contribution is -2.13. The lowest BCUT2D eigenvalue weighted by Gasteiger charge is -2.00. The quantitative estimate of drug-likeness (QED) is 0.481. The van der Waals surface area contributed by atoms with Crippen LogP contribution in [0.2, 0.25) is 0 Å². The number of imidazole rings is 1. The highest BCUT2D eigenvalue weighted by Crippen LogP contribution is 2.28. The number of amides is 1. The molecule has 0 aliphatic carbocycles. The molecule has 0 bridgehead atoms. The van der Waals surface area contributed by atoms with E-state index < -0.39 is 0 Å². The van der Waals surface area contributed by atoms with Crippen molar-refractivity contribution < 1.29 is 9.53 Å². The third kappa shape index (κ3) is 4.09. The smallest absolute Gasteiger partial charge is 0.236 e. The molecule has 0 fully saturated rings. The van der Waals surface area contributed by atoms with Crippen LogP contribution in [0.15, 0.2) is 53.7 Å². The number of nitrogens with zero attached hydrogens (tertiary/aromatic N) is 3. The van der Waals surface area contributed by atoms with Crippen LogP contribution in [0.25, 0.3) is 21.6 Å². The van der Waals surface area contributed by atoms with Crippen LogP contribution in [0.4, 0.5) is 5.13 Å². The van der Waals surface area contributed by atoms with Gasteiger partial charge < -0.3 is 9.72 Å². The van der Waals surface area contributed by atoms with Crippen LogP contribution in [-0.2, 0) is 4.79 Å². The van der Waals surface area contributed by atoms with Crippen molar-refractivity contribution in [2.75, 3.05) is 18.2 Å². The van der Waals surface area contributed by atoms with E-state index in [1.54, 1.807) is 7.11 Å². The fraction of sp³-hybridized carbons (Fsp3) is 0.111. The number of hydrogen-bond donors (Lipinski definition) is 2. The third-order valence-corrected chi connectivity index (χ3v) is 5.48. The average Bonchev–Trinajstić information content (AvgIpc) is 3.33. The lowest BCUT2D eigenvalue weighted by molar-refractivity contribution is -0.113. The molecule has 136 valence electrons. The van der Waals surface area contributed by atoms with Gasteiger partial charge in [0.25, 0.3) is 0 Å². The summed E-state index contributed by atoms with van der Waals surface area (Å²) in [7, 11) is 1.62. The summed E-state index contributed by atoms with van der Waals surface area (Å²) in [4.78, 5) is 19.8. The molecule has 2 aromatic heterocycles. The molecule has 0 atom stereocenters. The summed E-state index contributed by atoms with van der Waals surface area (Å²) in [5.74, 6) is 0.856. The Bertz CT molecular complexity index is 1040. The van der Waals surface area contributed by atoms with E-state index >= 15 is 0 Å². The average molecular weight is 397 g/mol. The first-order chi connectivity index (χ1) is 13.2. The molecule has 2 heterocycles. The van der Waals surface area contributed by atoms with E-state index in [4.69, 9.17) is 4.74 Å². The van der Waals surface area contributed by atoms with E-state index in [1.165, 1.54) is 23.1 Å². The SMILES string of the molecule is COc1ccc(-c2nnc(NC(=O)CSc3nc4ccccc4[nH]3)s2)cc1. The number of methoxy groups -OCH3 is 1. The van der Waals surface area contributed by atoms with Gasteiger partial charge in [-0.1, -0.05) is 35.2 Å². The van der Waals surface area contributed by atoms with Gasteiger partial charge in [0.2, 0.25) is 11.0 Å². The molecule has 0 aliphatic heterocycles. The molecular formula is C18H15N5O2S2. The minimum atomic E-state index is -0.155. The second-order valence-corrected chi connectivity index (χ2v) is 7.48. The number of anilines is 1. The van der Waals surface area contributed by atoms with Crippen molar-refractivity contribution >= 4 is 45.2 Å². The molecule has 1 amide bonds. The number of fused-ring (bicyclic) bond motifs is 1. The highest BCUT2D eigenvalue weighted by atomic mass is 32.2. The van der Waals surface area contributed by atoms with E-state index in [0.29, 0.717) is 10.3 Å². The van der Waals surface area contributed by atoms with Crippen LogP contribution in [0.5, 0.6) is 5.75 Å². The zero-order valence-corrected chi connectivity index (χ0v) is 15.9. The number of carbonyl (C=O) groups excluding carboxylic acids is 1. The molecule has 2 N–H and O–H groups in total. The summed E-state index contributed by atoms with van der Waals surface area (Å²) in [6, 6.07) is 15.3. The molecule has 0 spiro atoms. The van der Waals surface area contributed by atoms with Gasteiger partial charge in [0, 0.05) is 5.56 Å². The van der Waals surface area contributed by atoms with Gasteiger partial charge in [-0.05, 0) is 36.4 Å². The Morgan fingerprint density at radius 2 is 2.00 bits per heavy atom. The number of nitrogens with one attached hydrogen (secondary N) is 2. The van der Waals surface area contributed by atoms with Crippen LogP contribution in [0.1, 0.15) is 0 Å². The highest BCUT2D eigenvalue weighted by Gasteiger charge is 2.11. The molecule has 9 heteroatoms. The predicted molar refractivity (Wildman–Crippen MR) is 107 cm³/mol. The van der Waals surface area contributed by atoms with E-state index in [-0.39, 0.29) is 11.7 Å². The topological polar surface area (TPSA) is 92.8 Å². The number of rotatable bonds is 6. The van der Waals surface area contributed by atoms with Gasteiger partial charge >= 0.3 is 0 Å². The van der Waals surface area contributed by atoms with E-state index in [9.17, 15) is 4.79 Å². The van der Waals surface area contributed by atoms with Gasteiger partial charge in [-0.15, -0.1) is 10.2 Å². The van der Waals surface area contributed by atoms with Crippen LogP contribution in [-0.4, -0.2) is 38.9 Å². The second kappa shape index (κ2) is 7.77. The van der Waals surface area contributed by atoms with Crippen molar-refractivity contribution in [1.29, 1.82) is 0 Å². The molecule has 7 nitrogen and oxygen atoms in total. The first kappa shape index (κ1) is 17.5. The van der Waals surface area contributed by atoms with Crippen LogP contribution in [0, 0.1) is 0 Å². The molecule has 0 unspecified atom stereocenters. The van der Waals surface area contributed by atoms with Gasteiger partial charge in [-0.25, -0.2) is 4.98 Å². The summed E-state index contributed by atoms with van der Waals surface area (Å²) in [6.07, 6.45) is 0. The molecule has 0 saturated heterocycles. The van der Waals surface area contributed by atoms with Crippen molar-refractivity contribution in [2.45, 2.75) is 5.16 Å². The third-order valence-electron chi connectivity index (χ3n) is 3.72. The number of hydrogen-bond acceptors (Lipinski definition) is 7. The predicted octanol–water partition coefficient (Wildman–Crippen LogP) is 3.82. The van der Waals surface area contributed by atoms with Gasteiger partial charge in [0.1, 0.15) is 10.8 Å². The molecule has 27 heavy (non-hydrogen) atoms. The number of benzene rings is 2. The number of ether oxygens (including phenoxy) is 1. The maximum atomic E-state index is 12.2. The van der Waals surface area contributed by atoms with Crippen LogP contribution in [0.3, 0.4) is 0 Å². The Morgan fingerprint density at radius 3 is 2.78 bits per heavy atom. The molecule has 2 aromatic carbocycles. The summed E-state index contributed by atoms with van der Waals surface area (Å²) < 4.78 is 5.15. The minimum Gasteiger partial charge on any atom is -0.497 e. The first-order valence-electron chi connectivity index (χ1n) is 8.06. The Kier molecular flexibility index (Phi) is 5.03. The summed E-state index contributed by atoms with van der Waals surface area (Å²) in [5.41, 5.74) is 2.76. The highest BCUT2D eigenvalue weighted by molar-refractivity contribution is 7.99. The van der Waals surface area contributed by atoms with Gasteiger partial charge in [0.05, 0.1) is 23.9 Å². The zero-order valence-electron chi connectivity index (χ0n) is 14.3. The van der Waals surface area contributed by atoms with E-state index in [1.807, 2.05) is 48.5 Å². The van der Waals surface area contributed by atoms with Crippen molar-refractivity contribution in [3.8, 4) is 16.3 Å². The molecular weight excluding hydrogens is 382 g/mol. The maximum Gasteiger partial charge on any atom is 0.236 e. The molecule has 0 aliphatic rings. The van der Waals surface area contributed by atoms with E-state index in [2.05, 4.69) is 25.5 Å². The van der Waals surface area contributed by atoms with Crippen molar-refractivity contribution in [1.82, 2.24) is 20.2 Å². The fourth-order valence-corrected chi connectivity index (χ4v) is 3.86. The fourth-order valence-electron chi connectivity index (χ4n) is 2.41. The number of aromatic nitrogens is 4. The maximum absolute atomic E-state index is 12.2. The standard InChI is InChI=1S/C18H15N5O2S2/c1-25-12-8-6-11(7-9-12)16-22-23-18(27-16)21-15(24)10-26-17-19-13-4-2-3-5-14(13)20-17/h2-9H,10H2,1H3,(H,19,20)(H,21,23,24). The molecule has 0 radical (unpaired) electrons. The number of aromatic amines is 1. The normalized spacial score (nSPS) is 10.9. The monoisotopic (exact) mass is 397 g/mol. The van der Waals surface area contributed by atoms with Gasteiger partial charge in [-0.2, -0.15) is 0 Å². The minimum absolute atomic E-state index is 0.155. The van der Waals surface area contributed by atoms with Crippen molar-refractivity contribution in [3.05, 3.63) is 48.5 Å². The van der Waals surface area contributed by atoms with Crippen LogP contribution >= 0.6 is 23.1 Å². The Morgan fingerprint density at radius 1 is 1.19 bits per heavy atom. The molecule has 4 rings (SSSR count). The summed E-state index contributed by atoms with van der Waals surface area (Å²) >= 11 is 2.67. The summed E-state index contributed by atoms with van der Waals surface area (Å²) in [6.45, 7) is 0. The van der Waals surface area contributed by atoms with Crippen molar-refractivity contribution in [2.24, 2.45) is 0 Å². The Balaban J connectivity index is 1.36. The zero-order chi connectivity index (χ0) is 18.6. The van der Waals surface area contributed by atoms with Gasteiger partial charge in [0.15, 0.2) is 5.16 Å². The van der Waals surface area contributed by atoms with Crippen LogP contribution < -0.4 is 10.1 Å². The largest absolute Gasteiger partial charge is 0.497 e. The summed E-state index contributed by atoms with van der Waals surface area (Å²) in [5, 5.41) is 12.9. The van der Waals surface area contributed by atoms with E-state index in [0.717, 1.165) is 27.4 Å². The lowest BCUT2D eigenvalue weighted by atomic mass is 10.2.